The summed E-state index contributed by atoms with van der Waals surface area (Å²) in [6.07, 6.45) is 0. The van der Waals surface area contributed by atoms with Crippen LogP contribution in [0, 0.1) is 15.5 Å². The second kappa shape index (κ2) is 7.72. The summed E-state index contributed by atoms with van der Waals surface area (Å²) in [7, 11) is 0. The molecule has 1 aromatic carbocycles. The van der Waals surface area contributed by atoms with Gasteiger partial charge in [0.2, 0.25) is 5.91 Å². The van der Waals surface area contributed by atoms with E-state index in [9.17, 15) is 19.7 Å². The number of amides is 1. The number of nitro benzene ring substituents is 1. The summed E-state index contributed by atoms with van der Waals surface area (Å²) in [5.41, 5.74) is 0.0241. The van der Waals surface area contributed by atoms with Gasteiger partial charge >= 0.3 is 5.97 Å². The van der Waals surface area contributed by atoms with Crippen molar-refractivity contribution in [2.45, 2.75) is 27.7 Å². The highest BCUT2D eigenvalue weighted by atomic mass is 16.6. The first-order chi connectivity index (χ1) is 12.1. The lowest BCUT2D eigenvalue weighted by Gasteiger charge is -2.38. The van der Waals surface area contributed by atoms with Gasteiger partial charge in [-0.3, -0.25) is 14.9 Å². The van der Waals surface area contributed by atoms with Gasteiger partial charge in [-0.1, -0.05) is 20.8 Å². The molecule has 1 aliphatic heterocycles. The highest BCUT2D eigenvalue weighted by molar-refractivity contribution is 5.91. The molecule has 1 aliphatic rings. The molecule has 0 aromatic heterocycles. The summed E-state index contributed by atoms with van der Waals surface area (Å²) in [4.78, 5) is 38.8. The van der Waals surface area contributed by atoms with Crippen LogP contribution >= 0.6 is 0 Å². The van der Waals surface area contributed by atoms with Gasteiger partial charge < -0.3 is 14.5 Å². The van der Waals surface area contributed by atoms with E-state index in [0.717, 1.165) is 0 Å². The second-order valence-electron chi connectivity index (χ2n) is 7.21. The molecule has 1 saturated heterocycles. The molecule has 1 fully saturated rings. The molecule has 26 heavy (non-hydrogen) atoms. The summed E-state index contributed by atoms with van der Waals surface area (Å²) in [5.74, 6) is -0.507. The van der Waals surface area contributed by atoms with Crippen molar-refractivity contribution in [1.82, 2.24) is 4.90 Å². The Bertz CT molecular complexity index is 703. The third kappa shape index (κ3) is 4.30. The summed E-state index contributed by atoms with van der Waals surface area (Å²) < 4.78 is 4.90. The fourth-order valence-corrected chi connectivity index (χ4v) is 2.90. The van der Waals surface area contributed by atoms with Crippen molar-refractivity contribution in [2.75, 3.05) is 37.7 Å². The molecular formula is C18H25N3O5. The zero-order valence-electron chi connectivity index (χ0n) is 15.7. The molecular weight excluding hydrogens is 338 g/mol. The fourth-order valence-electron chi connectivity index (χ4n) is 2.90. The van der Waals surface area contributed by atoms with Gasteiger partial charge in [0.25, 0.3) is 5.69 Å². The maximum atomic E-state index is 12.4. The van der Waals surface area contributed by atoms with Crippen LogP contribution in [0.15, 0.2) is 18.2 Å². The zero-order valence-corrected chi connectivity index (χ0v) is 15.7. The Balaban J connectivity index is 2.18. The second-order valence-corrected chi connectivity index (χ2v) is 7.21. The first-order valence-electron chi connectivity index (χ1n) is 8.65. The molecule has 0 aliphatic carbocycles. The summed E-state index contributed by atoms with van der Waals surface area (Å²) in [5, 5.41) is 11.5. The molecule has 2 rings (SSSR count). The number of piperazine rings is 1. The first kappa shape index (κ1) is 19.7. The Morgan fingerprint density at radius 1 is 1.19 bits per heavy atom. The minimum Gasteiger partial charge on any atom is -0.462 e. The number of rotatable bonds is 4. The maximum Gasteiger partial charge on any atom is 0.338 e. The first-order valence-corrected chi connectivity index (χ1v) is 8.65. The van der Waals surface area contributed by atoms with Crippen LogP contribution in [0.5, 0.6) is 0 Å². The average Bonchev–Trinajstić information content (AvgIpc) is 2.60. The zero-order chi connectivity index (χ0) is 19.5. The standard InChI is InChI=1S/C18H25N3O5/c1-5-26-16(22)13-6-7-14(15(12-13)21(24)25)19-8-10-20(11-9-19)17(23)18(2,3)4/h6-7,12H,5,8-11H2,1-4H3. The number of carbonyl (C=O) groups excluding carboxylic acids is 2. The van der Waals surface area contributed by atoms with Gasteiger partial charge in [-0.05, 0) is 19.1 Å². The lowest BCUT2D eigenvalue weighted by atomic mass is 9.94. The van der Waals surface area contributed by atoms with Crippen LogP contribution in [0.3, 0.4) is 0 Å². The van der Waals surface area contributed by atoms with Gasteiger partial charge in [-0.15, -0.1) is 0 Å². The maximum absolute atomic E-state index is 12.4. The minimum atomic E-state index is -0.581. The molecule has 142 valence electrons. The number of hydrogen-bond acceptors (Lipinski definition) is 6. The molecule has 8 heteroatoms. The van der Waals surface area contributed by atoms with E-state index in [2.05, 4.69) is 0 Å². The Kier molecular flexibility index (Phi) is 5.84. The van der Waals surface area contributed by atoms with Crippen LogP contribution in [-0.2, 0) is 9.53 Å². The molecule has 0 atom stereocenters. The number of anilines is 1. The number of hydrogen-bond donors (Lipinski definition) is 0. The van der Waals surface area contributed by atoms with Crippen molar-refractivity contribution < 1.29 is 19.2 Å². The third-order valence-electron chi connectivity index (χ3n) is 4.23. The van der Waals surface area contributed by atoms with Crippen LogP contribution in [-0.4, -0.2) is 54.5 Å². The molecule has 0 radical (unpaired) electrons. The molecule has 0 N–H and O–H groups in total. The highest BCUT2D eigenvalue weighted by Gasteiger charge is 2.31. The van der Waals surface area contributed by atoms with Gasteiger partial charge in [0.1, 0.15) is 5.69 Å². The van der Waals surface area contributed by atoms with Crippen molar-refractivity contribution in [3.05, 3.63) is 33.9 Å². The topological polar surface area (TPSA) is 93.0 Å². The lowest BCUT2D eigenvalue weighted by Crippen LogP contribution is -2.51. The molecule has 0 bridgehead atoms. The van der Waals surface area contributed by atoms with Gasteiger partial charge in [-0.2, -0.15) is 0 Å². The SMILES string of the molecule is CCOC(=O)c1ccc(N2CCN(C(=O)C(C)(C)C)CC2)c([N+](=O)[O-])c1. The third-order valence-corrected chi connectivity index (χ3v) is 4.23. The summed E-state index contributed by atoms with van der Waals surface area (Å²) in [6, 6.07) is 4.36. The van der Waals surface area contributed by atoms with Crippen molar-refractivity contribution in [3.8, 4) is 0 Å². The molecule has 8 nitrogen and oxygen atoms in total. The van der Waals surface area contributed by atoms with E-state index in [0.29, 0.717) is 31.9 Å². The van der Waals surface area contributed by atoms with Crippen LogP contribution in [0.4, 0.5) is 11.4 Å². The number of nitrogens with zero attached hydrogens (tertiary/aromatic N) is 3. The number of nitro groups is 1. The summed E-state index contributed by atoms with van der Waals surface area (Å²) >= 11 is 0. The quantitative estimate of drug-likeness (QED) is 0.463. The Hall–Kier alpha value is -2.64. The predicted octanol–water partition coefficient (Wildman–Crippen LogP) is 2.47. The normalized spacial score (nSPS) is 14.9. The highest BCUT2D eigenvalue weighted by Crippen LogP contribution is 2.31. The van der Waals surface area contributed by atoms with E-state index in [1.165, 1.54) is 12.1 Å². The molecule has 0 spiro atoms. The van der Waals surface area contributed by atoms with Crippen LogP contribution in [0.2, 0.25) is 0 Å². The fraction of sp³-hybridized carbons (Fsp3) is 0.556. The summed E-state index contributed by atoms with van der Waals surface area (Å²) in [6.45, 7) is 9.53. The minimum absolute atomic E-state index is 0.0734. The van der Waals surface area contributed by atoms with Gasteiger partial charge in [-0.25, -0.2) is 4.79 Å². The molecule has 1 aromatic rings. The molecule has 0 unspecified atom stereocenters. The average molecular weight is 363 g/mol. The number of benzene rings is 1. The largest absolute Gasteiger partial charge is 0.462 e. The van der Waals surface area contributed by atoms with Gasteiger partial charge in [0.15, 0.2) is 0 Å². The van der Waals surface area contributed by atoms with Crippen molar-refractivity contribution in [1.29, 1.82) is 0 Å². The molecule has 1 amide bonds. The van der Waals surface area contributed by atoms with E-state index in [4.69, 9.17) is 4.74 Å². The Morgan fingerprint density at radius 2 is 1.81 bits per heavy atom. The van der Waals surface area contributed by atoms with E-state index >= 15 is 0 Å². The smallest absolute Gasteiger partial charge is 0.338 e. The van der Waals surface area contributed by atoms with Crippen molar-refractivity contribution in [2.24, 2.45) is 5.41 Å². The number of ether oxygens (including phenoxy) is 1. The molecule has 0 saturated carbocycles. The lowest BCUT2D eigenvalue weighted by molar-refractivity contribution is -0.384. The monoisotopic (exact) mass is 363 g/mol. The molecule has 1 heterocycles. The van der Waals surface area contributed by atoms with Gasteiger partial charge in [0, 0.05) is 37.7 Å². The van der Waals surface area contributed by atoms with E-state index in [1.54, 1.807) is 17.9 Å². The van der Waals surface area contributed by atoms with Crippen molar-refractivity contribution >= 4 is 23.3 Å². The van der Waals surface area contributed by atoms with E-state index in [-0.39, 0.29) is 23.8 Å². The van der Waals surface area contributed by atoms with Crippen LogP contribution < -0.4 is 4.90 Å². The number of esters is 1. The van der Waals surface area contributed by atoms with E-state index < -0.39 is 16.3 Å². The van der Waals surface area contributed by atoms with Crippen LogP contribution in [0.1, 0.15) is 38.1 Å². The van der Waals surface area contributed by atoms with E-state index in [1.807, 2.05) is 25.7 Å². The number of carbonyl (C=O) groups is 2. The van der Waals surface area contributed by atoms with Crippen LogP contribution in [0.25, 0.3) is 0 Å². The van der Waals surface area contributed by atoms with Gasteiger partial charge in [0.05, 0.1) is 17.1 Å². The Labute approximate surface area is 152 Å². The predicted molar refractivity (Wildman–Crippen MR) is 97.3 cm³/mol. The Morgan fingerprint density at radius 3 is 2.31 bits per heavy atom. The van der Waals surface area contributed by atoms with Crippen molar-refractivity contribution in [3.63, 3.8) is 0 Å².